The van der Waals surface area contributed by atoms with E-state index in [1.54, 1.807) is 0 Å². The Kier molecular flexibility index (Phi) is 4.01. The highest BCUT2D eigenvalue weighted by Gasteiger charge is 2.18. The summed E-state index contributed by atoms with van der Waals surface area (Å²) >= 11 is 9.78. The Morgan fingerprint density at radius 2 is 2.10 bits per heavy atom. The predicted molar refractivity (Wildman–Crippen MR) is 87.8 cm³/mol. The lowest BCUT2D eigenvalue weighted by Crippen LogP contribution is -2.30. The molecular formula is C16H16BrClN2. The molecule has 0 spiro atoms. The van der Waals surface area contributed by atoms with Gasteiger partial charge in [0.15, 0.2) is 0 Å². The Balaban J connectivity index is 1.81. The normalized spacial score (nSPS) is 15.1. The van der Waals surface area contributed by atoms with Gasteiger partial charge in [0.2, 0.25) is 0 Å². The fraction of sp³-hybridized carbons (Fsp3) is 0.250. The van der Waals surface area contributed by atoms with Crippen LogP contribution in [0, 0.1) is 0 Å². The number of benzene rings is 2. The first-order valence-corrected chi connectivity index (χ1v) is 7.83. The van der Waals surface area contributed by atoms with Crippen molar-refractivity contribution in [2.75, 3.05) is 12.3 Å². The second-order valence-electron chi connectivity index (χ2n) is 5.18. The van der Waals surface area contributed by atoms with Crippen LogP contribution < -0.4 is 5.73 Å². The first kappa shape index (κ1) is 13.9. The first-order chi connectivity index (χ1) is 9.63. The summed E-state index contributed by atoms with van der Waals surface area (Å²) in [5.74, 6) is 0. The molecule has 0 unspecified atom stereocenters. The lowest BCUT2D eigenvalue weighted by molar-refractivity contribution is 0.246. The molecule has 2 nitrogen and oxygen atoms in total. The number of hydrogen-bond acceptors (Lipinski definition) is 2. The number of halogens is 2. The Bertz CT molecular complexity index is 642. The molecule has 0 fully saturated rings. The van der Waals surface area contributed by atoms with Gasteiger partial charge in [0.05, 0.1) is 0 Å². The second-order valence-corrected chi connectivity index (χ2v) is 6.50. The van der Waals surface area contributed by atoms with Crippen LogP contribution in [0.5, 0.6) is 0 Å². The molecule has 0 saturated heterocycles. The van der Waals surface area contributed by atoms with Crippen LogP contribution >= 0.6 is 27.5 Å². The molecule has 0 saturated carbocycles. The number of nitrogens with two attached hydrogens (primary N) is 1. The highest BCUT2D eigenvalue weighted by molar-refractivity contribution is 9.10. The van der Waals surface area contributed by atoms with Crippen molar-refractivity contribution in [1.82, 2.24) is 4.90 Å². The van der Waals surface area contributed by atoms with E-state index in [0.717, 1.165) is 46.8 Å². The topological polar surface area (TPSA) is 29.3 Å². The van der Waals surface area contributed by atoms with E-state index in [4.69, 9.17) is 17.3 Å². The van der Waals surface area contributed by atoms with Crippen molar-refractivity contribution in [1.29, 1.82) is 0 Å². The minimum absolute atomic E-state index is 0.819. The minimum atomic E-state index is 0.819. The number of rotatable bonds is 2. The quantitative estimate of drug-likeness (QED) is 0.820. The maximum atomic E-state index is 6.27. The van der Waals surface area contributed by atoms with Crippen molar-refractivity contribution in [3.8, 4) is 0 Å². The zero-order chi connectivity index (χ0) is 14.1. The summed E-state index contributed by atoms with van der Waals surface area (Å²) in [5.41, 5.74) is 10.8. The highest BCUT2D eigenvalue weighted by atomic mass is 79.9. The molecule has 0 amide bonds. The lowest BCUT2D eigenvalue weighted by Gasteiger charge is -2.30. The number of nitrogens with zero attached hydrogens (tertiary/aromatic N) is 1. The van der Waals surface area contributed by atoms with E-state index < -0.39 is 0 Å². The average Bonchev–Trinajstić information content (AvgIpc) is 2.44. The molecule has 2 aromatic rings. The molecule has 1 aliphatic rings. The molecule has 2 N–H and O–H groups in total. The lowest BCUT2D eigenvalue weighted by atomic mass is 9.98. The van der Waals surface area contributed by atoms with E-state index in [2.05, 4.69) is 33.0 Å². The number of hydrogen-bond donors (Lipinski definition) is 1. The minimum Gasteiger partial charge on any atom is -0.398 e. The van der Waals surface area contributed by atoms with Gasteiger partial charge in [0.1, 0.15) is 0 Å². The summed E-state index contributed by atoms with van der Waals surface area (Å²) in [6.45, 7) is 2.79. The molecule has 3 rings (SSSR count). The summed E-state index contributed by atoms with van der Waals surface area (Å²) in [6.07, 6.45) is 1.05. The zero-order valence-corrected chi connectivity index (χ0v) is 13.4. The highest BCUT2D eigenvalue weighted by Crippen LogP contribution is 2.27. The summed E-state index contributed by atoms with van der Waals surface area (Å²) in [6, 6.07) is 12.2. The van der Waals surface area contributed by atoms with Crippen LogP contribution in [0.1, 0.15) is 16.7 Å². The van der Waals surface area contributed by atoms with Crippen LogP contribution in [0.4, 0.5) is 5.69 Å². The molecule has 1 aliphatic heterocycles. The molecule has 104 valence electrons. The third-order valence-electron chi connectivity index (χ3n) is 3.79. The first-order valence-electron chi connectivity index (χ1n) is 6.66. The fourth-order valence-electron chi connectivity index (χ4n) is 2.70. The predicted octanol–water partition coefficient (Wildman–Crippen LogP) is 4.24. The van der Waals surface area contributed by atoms with Gasteiger partial charge < -0.3 is 5.73 Å². The molecule has 0 aromatic heterocycles. The van der Waals surface area contributed by atoms with Gasteiger partial charge in [0, 0.05) is 34.8 Å². The summed E-state index contributed by atoms with van der Waals surface area (Å²) in [5, 5.41) is 0.819. The third-order valence-corrected chi connectivity index (χ3v) is 4.65. The van der Waals surface area contributed by atoms with Crippen LogP contribution in [0.25, 0.3) is 0 Å². The molecule has 2 aromatic carbocycles. The monoisotopic (exact) mass is 350 g/mol. The summed E-state index contributed by atoms with van der Waals surface area (Å²) in [7, 11) is 0. The van der Waals surface area contributed by atoms with Crippen molar-refractivity contribution >= 4 is 33.2 Å². The second kappa shape index (κ2) is 5.76. The van der Waals surface area contributed by atoms with Crippen molar-refractivity contribution in [3.63, 3.8) is 0 Å². The van der Waals surface area contributed by atoms with Crippen LogP contribution in [0.15, 0.2) is 40.9 Å². The molecule has 0 radical (unpaired) electrons. The smallest absolute Gasteiger partial charge is 0.0451 e. The van der Waals surface area contributed by atoms with Crippen molar-refractivity contribution < 1.29 is 0 Å². The van der Waals surface area contributed by atoms with Crippen LogP contribution in [0.2, 0.25) is 5.02 Å². The van der Waals surface area contributed by atoms with E-state index in [0.29, 0.717) is 0 Å². The average molecular weight is 352 g/mol. The van der Waals surface area contributed by atoms with Gasteiger partial charge >= 0.3 is 0 Å². The summed E-state index contributed by atoms with van der Waals surface area (Å²) in [4.78, 5) is 2.40. The van der Waals surface area contributed by atoms with Gasteiger partial charge in [-0.15, -0.1) is 0 Å². The van der Waals surface area contributed by atoms with Gasteiger partial charge in [-0.2, -0.15) is 0 Å². The molecule has 0 atom stereocenters. The van der Waals surface area contributed by atoms with Crippen molar-refractivity contribution in [3.05, 3.63) is 62.6 Å². The molecule has 0 aliphatic carbocycles. The maximum absolute atomic E-state index is 6.27. The fourth-order valence-corrected chi connectivity index (χ4v) is 3.29. The third kappa shape index (κ3) is 2.85. The Morgan fingerprint density at radius 1 is 1.25 bits per heavy atom. The van der Waals surface area contributed by atoms with E-state index in [1.807, 2.05) is 24.3 Å². The Morgan fingerprint density at radius 3 is 2.95 bits per heavy atom. The van der Waals surface area contributed by atoms with E-state index in [1.165, 1.54) is 11.1 Å². The maximum Gasteiger partial charge on any atom is 0.0451 e. The van der Waals surface area contributed by atoms with Gasteiger partial charge in [-0.3, -0.25) is 4.90 Å². The standard InChI is InChI=1S/C16H16BrClN2/c17-13-4-5-15(18)12(8-13)9-20-7-6-11-2-1-3-16(19)14(11)10-20/h1-5,8H,6-7,9-10,19H2. The number of anilines is 1. The largest absolute Gasteiger partial charge is 0.398 e. The molecule has 20 heavy (non-hydrogen) atoms. The van der Waals surface area contributed by atoms with Gasteiger partial charge in [-0.05, 0) is 47.4 Å². The molecular weight excluding hydrogens is 336 g/mol. The molecule has 1 heterocycles. The van der Waals surface area contributed by atoms with Gasteiger partial charge in [-0.1, -0.05) is 39.7 Å². The van der Waals surface area contributed by atoms with E-state index >= 15 is 0 Å². The van der Waals surface area contributed by atoms with Gasteiger partial charge in [0.25, 0.3) is 0 Å². The number of nitrogen functional groups attached to an aromatic ring is 1. The van der Waals surface area contributed by atoms with Crippen LogP contribution in [0.3, 0.4) is 0 Å². The Hall–Kier alpha value is -1.03. The van der Waals surface area contributed by atoms with Gasteiger partial charge in [-0.25, -0.2) is 0 Å². The SMILES string of the molecule is Nc1cccc2c1CN(Cc1cc(Br)ccc1Cl)CC2. The van der Waals surface area contributed by atoms with Crippen molar-refractivity contribution in [2.24, 2.45) is 0 Å². The van der Waals surface area contributed by atoms with Crippen LogP contribution in [-0.2, 0) is 19.5 Å². The van der Waals surface area contributed by atoms with Crippen LogP contribution in [-0.4, -0.2) is 11.4 Å². The van der Waals surface area contributed by atoms with E-state index in [9.17, 15) is 0 Å². The molecule has 4 heteroatoms. The molecule has 0 bridgehead atoms. The summed E-state index contributed by atoms with van der Waals surface area (Å²) < 4.78 is 1.06. The van der Waals surface area contributed by atoms with Crippen molar-refractivity contribution in [2.45, 2.75) is 19.5 Å². The number of fused-ring (bicyclic) bond motifs is 1. The Labute approximate surface area is 132 Å². The zero-order valence-electron chi connectivity index (χ0n) is 11.1. The van der Waals surface area contributed by atoms with E-state index in [-0.39, 0.29) is 0 Å².